The molecule has 1 aromatic heterocycles. The van der Waals surface area contributed by atoms with Gasteiger partial charge in [0.1, 0.15) is 0 Å². The van der Waals surface area contributed by atoms with Crippen LogP contribution in [-0.2, 0) is 19.4 Å². The Labute approximate surface area is 113 Å². The molecule has 0 aliphatic carbocycles. The molecular formula is C15H19N3O. The van der Waals surface area contributed by atoms with Crippen molar-refractivity contribution in [3.05, 3.63) is 47.3 Å². The van der Waals surface area contributed by atoms with Gasteiger partial charge in [-0.05, 0) is 31.5 Å². The number of Topliss-reactive ketones (excluding diaryl/α,β-unsaturated/α-hetero) is 1. The first kappa shape index (κ1) is 13.3. The predicted molar refractivity (Wildman–Crippen MR) is 76.2 cm³/mol. The van der Waals surface area contributed by atoms with Gasteiger partial charge in [0, 0.05) is 23.5 Å². The van der Waals surface area contributed by atoms with Crippen molar-refractivity contribution < 1.29 is 4.79 Å². The van der Waals surface area contributed by atoms with Crippen molar-refractivity contribution >= 4 is 11.5 Å². The van der Waals surface area contributed by atoms with E-state index in [0.717, 1.165) is 24.4 Å². The zero-order valence-electron chi connectivity index (χ0n) is 11.4. The molecule has 0 fully saturated rings. The second-order valence-corrected chi connectivity index (χ2v) is 4.48. The number of rotatable bonds is 5. The fourth-order valence-corrected chi connectivity index (χ4v) is 2.11. The zero-order chi connectivity index (χ0) is 13.8. The number of anilines is 1. The number of carbonyl (C=O) groups is 1. The van der Waals surface area contributed by atoms with E-state index >= 15 is 0 Å². The molecule has 0 unspecified atom stereocenters. The summed E-state index contributed by atoms with van der Waals surface area (Å²) in [4.78, 5) is 12.3. The minimum absolute atomic E-state index is 0.0374. The van der Waals surface area contributed by atoms with Crippen LogP contribution >= 0.6 is 0 Å². The van der Waals surface area contributed by atoms with Crippen molar-refractivity contribution in [2.24, 2.45) is 0 Å². The molecule has 4 nitrogen and oxygen atoms in total. The van der Waals surface area contributed by atoms with Gasteiger partial charge in [-0.25, -0.2) is 0 Å². The molecule has 2 aromatic rings. The summed E-state index contributed by atoms with van der Waals surface area (Å²) in [6, 6.07) is 9.18. The largest absolute Gasteiger partial charge is 0.398 e. The van der Waals surface area contributed by atoms with Crippen molar-refractivity contribution in [3.8, 4) is 0 Å². The van der Waals surface area contributed by atoms with Crippen LogP contribution in [0.5, 0.6) is 0 Å². The number of nitrogens with zero attached hydrogens (tertiary/aromatic N) is 2. The summed E-state index contributed by atoms with van der Waals surface area (Å²) in [6.07, 6.45) is 1.22. The number of nitrogen functional groups attached to an aromatic ring is 1. The lowest BCUT2D eigenvalue weighted by Gasteiger charge is -2.06. The van der Waals surface area contributed by atoms with Crippen molar-refractivity contribution in [1.29, 1.82) is 0 Å². The number of aromatic nitrogens is 2. The highest BCUT2D eigenvalue weighted by Gasteiger charge is 2.14. The molecule has 0 saturated carbocycles. The molecule has 4 heteroatoms. The van der Waals surface area contributed by atoms with Crippen LogP contribution in [0.15, 0.2) is 30.3 Å². The Kier molecular flexibility index (Phi) is 4.00. The van der Waals surface area contributed by atoms with E-state index in [1.165, 1.54) is 0 Å². The Hall–Kier alpha value is -2.10. The number of aryl methyl sites for hydroxylation is 2. The highest BCUT2D eigenvalue weighted by Crippen LogP contribution is 2.15. The molecular weight excluding hydrogens is 238 g/mol. The molecule has 0 bridgehead atoms. The second-order valence-electron chi connectivity index (χ2n) is 4.48. The number of hydrogen-bond acceptors (Lipinski definition) is 3. The Bertz CT molecular complexity index is 587. The zero-order valence-corrected chi connectivity index (χ0v) is 11.4. The molecule has 100 valence electrons. The summed E-state index contributed by atoms with van der Waals surface area (Å²) >= 11 is 0. The van der Waals surface area contributed by atoms with Gasteiger partial charge >= 0.3 is 0 Å². The van der Waals surface area contributed by atoms with Crippen LogP contribution < -0.4 is 5.73 Å². The minimum Gasteiger partial charge on any atom is -0.398 e. The summed E-state index contributed by atoms with van der Waals surface area (Å²) in [7, 11) is 0. The maximum atomic E-state index is 12.3. The molecule has 0 spiro atoms. The summed E-state index contributed by atoms with van der Waals surface area (Å²) < 4.78 is 1.88. The van der Waals surface area contributed by atoms with Crippen LogP contribution in [0.2, 0.25) is 0 Å². The van der Waals surface area contributed by atoms with Crippen LogP contribution in [0.3, 0.4) is 0 Å². The Morgan fingerprint density at radius 2 is 2.05 bits per heavy atom. The van der Waals surface area contributed by atoms with Crippen LogP contribution in [0.25, 0.3) is 0 Å². The first-order chi connectivity index (χ1) is 9.15. The van der Waals surface area contributed by atoms with Gasteiger partial charge < -0.3 is 5.73 Å². The summed E-state index contributed by atoms with van der Waals surface area (Å²) in [5.74, 6) is 0.0374. The van der Waals surface area contributed by atoms with E-state index in [1.807, 2.05) is 29.8 Å². The molecule has 1 heterocycles. The average Bonchev–Trinajstić information content (AvgIpc) is 2.81. The SMILES string of the molecule is CCc1cc(CC(=O)c2ccccc2N)n(CC)n1. The molecule has 19 heavy (non-hydrogen) atoms. The van der Waals surface area contributed by atoms with Crippen molar-refractivity contribution in [2.75, 3.05) is 5.73 Å². The molecule has 0 amide bonds. The summed E-state index contributed by atoms with van der Waals surface area (Å²) in [6.45, 7) is 4.85. The quantitative estimate of drug-likeness (QED) is 0.661. The number of ketones is 1. The topological polar surface area (TPSA) is 60.9 Å². The first-order valence-corrected chi connectivity index (χ1v) is 6.59. The molecule has 0 atom stereocenters. The lowest BCUT2D eigenvalue weighted by Crippen LogP contribution is -2.11. The highest BCUT2D eigenvalue weighted by atomic mass is 16.1. The van der Waals surface area contributed by atoms with Crippen molar-refractivity contribution in [2.45, 2.75) is 33.2 Å². The fourth-order valence-electron chi connectivity index (χ4n) is 2.11. The van der Waals surface area contributed by atoms with E-state index in [1.54, 1.807) is 12.1 Å². The van der Waals surface area contributed by atoms with Crippen molar-refractivity contribution in [3.63, 3.8) is 0 Å². The molecule has 0 saturated heterocycles. The third-order valence-electron chi connectivity index (χ3n) is 3.18. The summed E-state index contributed by atoms with van der Waals surface area (Å²) in [5, 5.41) is 4.45. The number of nitrogens with two attached hydrogens (primary N) is 1. The second kappa shape index (κ2) is 5.69. The molecule has 2 N–H and O–H groups in total. The van der Waals surface area contributed by atoms with Gasteiger partial charge in [-0.15, -0.1) is 0 Å². The molecule has 1 aromatic carbocycles. The Morgan fingerprint density at radius 3 is 2.68 bits per heavy atom. The predicted octanol–water partition coefficient (Wildman–Crippen LogP) is 2.47. The molecule has 0 aliphatic rings. The Balaban J connectivity index is 2.24. The fraction of sp³-hybridized carbons (Fsp3) is 0.333. The highest BCUT2D eigenvalue weighted by molar-refractivity contribution is 6.01. The lowest BCUT2D eigenvalue weighted by molar-refractivity contribution is 0.0991. The van der Waals surface area contributed by atoms with Gasteiger partial charge in [-0.2, -0.15) is 5.10 Å². The number of para-hydroxylation sites is 1. The molecule has 0 radical (unpaired) electrons. The minimum atomic E-state index is 0.0374. The van der Waals surface area contributed by atoms with E-state index < -0.39 is 0 Å². The molecule has 0 aliphatic heterocycles. The van der Waals surface area contributed by atoms with E-state index in [2.05, 4.69) is 12.0 Å². The van der Waals surface area contributed by atoms with Gasteiger partial charge in [0.05, 0.1) is 12.1 Å². The standard InChI is InChI=1S/C15H19N3O/c1-3-11-9-12(18(4-2)17-11)10-15(19)13-7-5-6-8-14(13)16/h5-9H,3-4,10,16H2,1-2H3. The third kappa shape index (κ3) is 2.84. The lowest BCUT2D eigenvalue weighted by atomic mass is 10.0. The average molecular weight is 257 g/mol. The van der Waals surface area contributed by atoms with Crippen molar-refractivity contribution in [1.82, 2.24) is 9.78 Å². The number of carbonyl (C=O) groups excluding carboxylic acids is 1. The maximum Gasteiger partial charge on any atom is 0.170 e. The van der Waals surface area contributed by atoms with Crippen LogP contribution in [0.4, 0.5) is 5.69 Å². The smallest absolute Gasteiger partial charge is 0.170 e. The van der Waals surface area contributed by atoms with E-state index in [0.29, 0.717) is 17.7 Å². The Morgan fingerprint density at radius 1 is 1.32 bits per heavy atom. The van der Waals surface area contributed by atoms with Gasteiger partial charge in [0.15, 0.2) is 5.78 Å². The van der Waals surface area contributed by atoms with Gasteiger partial charge in [0.25, 0.3) is 0 Å². The van der Waals surface area contributed by atoms with Gasteiger partial charge in [-0.1, -0.05) is 19.1 Å². The summed E-state index contributed by atoms with van der Waals surface area (Å²) in [5.41, 5.74) is 8.92. The van der Waals surface area contributed by atoms with Gasteiger partial charge in [-0.3, -0.25) is 9.48 Å². The third-order valence-corrected chi connectivity index (χ3v) is 3.18. The maximum absolute atomic E-state index is 12.3. The van der Waals surface area contributed by atoms with Crippen LogP contribution in [0, 0.1) is 0 Å². The number of benzene rings is 1. The van der Waals surface area contributed by atoms with Gasteiger partial charge in [0.2, 0.25) is 0 Å². The number of hydrogen-bond donors (Lipinski definition) is 1. The van der Waals surface area contributed by atoms with E-state index in [4.69, 9.17) is 5.73 Å². The first-order valence-electron chi connectivity index (χ1n) is 6.59. The molecule has 2 rings (SSSR count). The normalized spacial score (nSPS) is 10.6. The van der Waals surface area contributed by atoms with Crippen LogP contribution in [0.1, 0.15) is 35.6 Å². The van der Waals surface area contributed by atoms with Crippen LogP contribution in [-0.4, -0.2) is 15.6 Å². The van der Waals surface area contributed by atoms with E-state index in [-0.39, 0.29) is 5.78 Å². The van der Waals surface area contributed by atoms with E-state index in [9.17, 15) is 4.79 Å². The monoisotopic (exact) mass is 257 g/mol.